The number of aromatic nitrogens is 2. The normalized spacial score (nSPS) is 16.6. The molecule has 182 valence electrons. The average Bonchev–Trinajstić information content (AvgIpc) is 2.67. The van der Waals surface area contributed by atoms with Gasteiger partial charge in [0.15, 0.2) is 6.79 Å². The minimum atomic E-state index is -4.99. The summed E-state index contributed by atoms with van der Waals surface area (Å²) in [6.45, 7) is 3.56. The number of nitrogens with zero attached hydrogens (tertiary/aromatic N) is 3. The number of nitrogens with one attached hydrogen (secondary N) is 1. The average molecular weight is 515 g/mol. The minimum Gasteiger partial charge on any atom is -0.292 e. The summed E-state index contributed by atoms with van der Waals surface area (Å²) in [7, 11) is -0.227. The molecule has 0 unspecified atom stereocenters. The van der Waals surface area contributed by atoms with E-state index in [0.29, 0.717) is 6.07 Å². The zero-order valence-corrected chi connectivity index (χ0v) is 19.3. The lowest BCUT2D eigenvalue weighted by atomic mass is 10.1. The van der Waals surface area contributed by atoms with Gasteiger partial charge in [0, 0.05) is 26.2 Å². The molecule has 0 atom stereocenters. The first-order valence-corrected chi connectivity index (χ1v) is 11.1. The highest BCUT2D eigenvalue weighted by Crippen LogP contribution is 2.57. The van der Waals surface area contributed by atoms with Crippen LogP contribution in [0.4, 0.5) is 17.6 Å². The van der Waals surface area contributed by atoms with Gasteiger partial charge in [-0.25, -0.2) is 26.8 Å². The summed E-state index contributed by atoms with van der Waals surface area (Å²) in [5.41, 5.74) is -5.52. The summed E-state index contributed by atoms with van der Waals surface area (Å²) >= 11 is 6.01. The molecule has 1 amide bonds. The molecule has 0 saturated carbocycles. The number of carbonyl (C=O) groups excluding carboxylic acids is 1. The Morgan fingerprint density at radius 1 is 1.24 bits per heavy atom. The highest BCUT2D eigenvalue weighted by atomic mass is 35.5. The van der Waals surface area contributed by atoms with E-state index in [1.807, 2.05) is 13.8 Å². The van der Waals surface area contributed by atoms with Crippen molar-refractivity contribution in [3.8, 4) is 5.69 Å². The molecular weight excluding hydrogens is 496 g/mol. The summed E-state index contributed by atoms with van der Waals surface area (Å²) in [6, 6.07) is 1.52. The van der Waals surface area contributed by atoms with E-state index in [2.05, 4.69) is 4.72 Å². The predicted molar refractivity (Wildman–Crippen MR) is 112 cm³/mol. The van der Waals surface area contributed by atoms with E-state index in [1.165, 1.54) is 0 Å². The first-order valence-electron chi connectivity index (χ1n) is 9.26. The fourth-order valence-electron chi connectivity index (χ4n) is 2.89. The van der Waals surface area contributed by atoms with Gasteiger partial charge in [-0.05, 0) is 36.9 Å². The number of rotatable bonds is 5. The molecule has 1 fully saturated rings. The van der Waals surface area contributed by atoms with Gasteiger partial charge in [0.25, 0.3) is 11.5 Å². The van der Waals surface area contributed by atoms with E-state index in [1.54, 1.807) is 11.4 Å². The van der Waals surface area contributed by atoms with Crippen LogP contribution in [-0.4, -0.2) is 39.2 Å². The number of hydrogen-bond acceptors (Lipinski definition) is 6. The lowest BCUT2D eigenvalue weighted by Crippen LogP contribution is -2.48. The Labute approximate surface area is 191 Å². The van der Waals surface area contributed by atoms with Crippen molar-refractivity contribution in [1.29, 1.82) is 0 Å². The minimum absolute atomic E-state index is 0.0773. The molecule has 0 radical (unpaired) electrons. The predicted octanol–water partition coefficient (Wildman–Crippen LogP) is 2.89. The zero-order chi connectivity index (χ0) is 24.9. The van der Waals surface area contributed by atoms with Crippen molar-refractivity contribution in [2.24, 2.45) is 7.05 Å². The summed E-state index contributed by atoms with van der Waals surface area (Å²) in [6.07, 6.45) is -4.99. The lowest BCUT2D eigenvalue weighted by molar-refractivity contribution is -0.144. The van der Waals surface area contributed by atoms with Gasteiger partial charge in [-0.2, -0.15) is 17.5 Å². The van der Waals surface area contributed by atoms with Crippen LogP contribution in [-0.2, 0) is 21.6 Å². The van der Waals surface area contributed by atoms with Gasteiger partial charge >= 0.3 is 11.9 Å². The van der Waals surface area contributed by atoms with Crippen molar-refractivity contribution in [2.45, 2.75) is 26.1 Å². The Morgan fingerprint density at radius 2 is 1.85 bits per heavy atom. The lowest BCUT2D eigenvalue weighted by Gasteiger charge is -2.55. The maximum absolute atomic E-state index is 14.7. The zero-order valence-electron chi connectivity index (χ0n) is 17.7. The van der Waals surface area contributed by atoms with E-state index in [-0.39, 0.29) is 38.6 Å². The number of amides is 1. The van der Waals surface area contributed by atoms with Crippen LogP contribution in [0.1, 0.15) is 29.9 Å². The van der Waals surface area contributed by atoms with Gasteiger partial charge in [0.05, 0.1) is 16.3 Å². The Hall–Kier alpha value is -2.39. The molecular formula is C18H19ClF4N4O5S. The maximum Gasteiger partial charge on any atom is 0.431 e. The maximum atomic E-state index is 14.7. The molecule has 2 aromatic rings. The fourth-order valence-corrected chi connectivity index (χ4v) is 4.90. The molecule has 2 heterocycles. The molecule has 0 spiro atoms. The van der Waals surface area contributed by atoms with Gasteiger partial charge in [-0.3, -0.25) is 14.2 Å². The second-order valence-electron chi connectivity index (χ2n) is 7.23. The molecule has 33 heavy (non-hydrogen) atoms. The number of carbonyl (C=O) groups is 1. The largest absolute Gasteiger partial charge is 0.431 e. The van der Waals surface area contributed by atoms with E-state index < -0.39 is 51.5 Å². The molecule has 9 nitrogen and oxygen atoms in total. The van der Waals surface area contributed by atoms with Crippen LogP contribution >= 0.6 is 22.6 Å². The molecule has 0 aliphatic carbocycles. The molecule has 15 heteroatoms. The Kier molecular flexibility index (Phi) is 6.70. The van der Waals surface area contributed by atoms with E-state index in [0.717, 1.165) is 13.1 Å². The van der Waals surface area contributed by atoms with Crippen LogP contribution in [0, 0.1) is 5.82 Å². The van der Waals surface area contributed by atoms with Gasteiger partial charge in [0.2, 0.25) is 0 Å². The monoisotopic (exact) mass is 514 g/mol. The van der Waals surface area contributed by atoms with Crippen molar-refractivity contribution >= 4 is 28.5 Å². The SMILES string of the molecule is CC(C)N(C)S1(NC(=O)c2cc(-n3c(=O)cc(C(F)(F)F)n(C)c3=O)c(F)cc2Cl)OCO1. The quantitative estimate of drug-likeness (QED) is 0.617. The molecule has 3 rings (SSSR count). The van der Waals surface area contributed by atoms with Crippen LogP contribution in [0.3, 0.4) is 0 Å². The third kappa shape index (κ3) is 4.53. The van der Waals surface area contributed by atoms with E-state index in [9.17, 15) is 31.9 Å². The summed E-state index contributed by atoms with van der Waals surface area (Å²) < 4.78 is 69.3. The summed E-state index contributed by atoms with van der Waals surface area (Å²) in [5.74, 6) is -2.08. The van der Waals surface area contributed by atoms with Gasteiger partial charge in [-0.15, -0.1) is 0 Å². The standard InChI is InChI=1S/C18H19ClF4N4O5S/c1-9(2)26(4)33(31-8-32-33)24-16(29)10-5-13(12(20)6-11(10)19)27-15(28)7-14(18(21,22)23)25(3)17(27)30/h5-7,9H,8H2,1-4H3,(H,24,29). The van der Waals surface area contributed by atoms with Crippen LogP contribution in [0.5, 0.6) is 0 Å². The van der Waals surface area contributed by atoms with Crippen LogP contribution in [0.2, 0.25) is 5.02 Å². The molecule has 1 aliphatic heterocycles. The summed E-state index contributed by atoms with van der Waals surface area (Å²) in [5, 5.41) is -0.369. The molecule has 1 N–H and O–H groups in total. The van der Waals surface area contributed by atoms with Crippen molar-refractivity contribution < 1.29 is 30.7 Å². The third-order valence-corrected chi connectivity index (χ3v) is 7.64. The highest BCUT2D eigenvalue weighted by Gasteiger charge is 2.39. The summed E-state index contributed by atoms with van der Waals surface area (Å²) in [4.78, 5) is 37.8. The van der Waals surface area contributed by atoms with Gasteiger partial charge in [0.1, 0.15) is 11.5 Å². The molecule has 1 aromatic carbocycles. The highest BCUT2D eigenvalue weighted by molar-refractivity contribution is 8.23. The second-order valence-corrected chi connectivity index (χ2v) is 9.83. The van der Waals surface area contributed by atoms with E-state index in [4.69, 9.17) is 20.0 Å². The first kappa shape index (κ1) is 25.2. The molecule has 1 saturated heterocycles. The van der Waals surface area contributed by atoms with Gasteiger partial charge < -0.3 is 0 Å². The Morgan fingerprint density at radius 3 is 2.33 bits per heavy atom. The second kappa shape index (κ2) is 8.76. The van der Waals surface area contributed by atoms with Crippen LogP contribution in [0.15, 0.2) is 27.8 Å². The number of benzene rings is 1. The smallest absolute Gasteiger partial charge is 0.292 e. The van der Waals surface area contributed by atoms with Crippen LogP contribution in [0.25, 0.3) is 5.69 Å². The van der Waals surface area contributed by atoms with Crippen molar-refractivity contribution in [1.82, 2.24) is 18.2 Å². The van der Waals surface area contributed by atoms with Crippen molar-refractivity contribution in [3.05, 3.63) is 61.1 Å². The third-order valence-electron chi connectivity index (χ3n) is 4.88. The van der Waals surface area contributed by atoms with Gasteiger partial charge in [-0.1, -0.05) is 11.6 Å². The first-order chi connectivity index (χ1) is 15.2. The van der Waals surface area contributed by atoms with Crippen molar-refractivity contribution in [2.75, 3.05) is 13.8 Å². The number of halogens is 5. The van der Waals surface area contributed by atoms with Crippen molar-refractivity contribution in [3.63, 3.8) is 0 Å². The molecule has 1 aromatic heterocycles. The fraction of sp³-hybridized carbons (Fsp3) is 0.389. The number of hydrogen-bond donors (Lipinski definition) is 1. The van der Waals surface area contributed by atoms with E-state index >= 15 is 0 Å². The molecule has 1 aliphatic rings. The Balaban J connectivity index is 2.10. The van der Waals surface area contributed by atoms with Crippen LogP contribution < -0.4 is 16.0 Å². The molecule has 0 bridgehead atoms. The number of alkyl halides is 3. The Bertz CT molecular complexity index is 1230. The topological polar surface area (TPSA) is 94.8 Å².